The van der Waals surface area contributed by atoms with Crippen molar-refractivity contribution in [3.63, 3.8) is 0 Å². The number of H-pyrrole nitrogens is 1. The second-order valence-electron chi connectivity index (χ2n) is 5.41. The van der Waals surface area contributed by atoms with Crippen LogP contribution in [0.5, 0.6) is 23.0 Å². The smallest absolute Gasteiger partial charge is 0.200 e. The van der Waals surface area contributed by atoms with E-state index in [1.165, 1.54) is 14.2 Å². The molecule has 0 fully saturated rings. The van der Waals surface area contributed by atoms with Crippen molar-refractivity contribution in [1.82, 2.24) is 9.97 Å². The van der Waals surface area contributed by atoms with E-state index in [0.29, 0.717) is 22.7 Å². The number of nitrogens with zero attached hydrogens (tertiary/aromatic N) is 2. The summed E-state index contributed by atoms with van der Waals surface area (Å²) in [5.41, 5.74) is 2.45. The fourth-order valence-corrected chi connectivity index (χ4v) is 2.56. The van der Waals surface area contributed by atoms with Gasteiger partial charge in [0, 0.05) is 6.07 Å². The van der Waals surface area contributed by atoms with Crippen molar-refractivity contribution in [3.8, 4) is 29.1 Å². The average molecular weight is 351 g/mol. The summed E-state index contributed by atoms with van der Waals surface area (Å²) in [6, 6.07) is 10.8. The van der Waals surface area contributed by atoms with E-state index in [0.717, 1.165) is 11.0 Å². The molecule has 0 bridgehead atoms. The molecule has 1 aromatic heterocycles. The molecule has 0 spiro atoms. The van der Waals surface area contributed by atoms with E-state index in [-0.39, 0.29) is 17.2 Å². The van der Waals surface area contributed by atoms with Crippen LogP contribution in [0, 0.1) is 11.3 Å². The molecule has 3 aromatic rings. The first-order valence-electron chi connectivity index (χ1n) is 7.70. The maximum atomic E-state index is 10.0. The van der Waals surface area contributed by atoms with E-state index in [1.807, 2.05) is 12.1 Å². The standard InChI is InChI=1S/C19H17N3O4/c1-24-13-4-5-14-15(9-13)22-19(21-14)12(10-20)6-11-7-16(25-2)18(23)17(8-11)26-3/h4-9,23H,1-3H3,(H,21,22)/b12-6-. The number of ether oxygens (including phenoxy) is 3. The van der Waals surface area contributed by atoms with E-state index < -0.39 is 0 Å². The Labute approximate surface area is 150 Å². The Balaban J connectivity index is 2.08. The third-order valence-electron chi connectivity index (χ3n) is 3.88. The van der Waals surface area contributed by atoms with Crippen molar-refractivity contribution in [2.24, 2.45) is 0 Å². The van der Waals surface area contributed by atoms with Gasteiger partial charge in [-0.15, -0.1) is 0 Å². The number of nitrogens with one attached hydrogen (secondary N) is 1. The third kappa shape index (κ3) is 3.13. The molecule has 132 valence electrons. The number of benzene rings is 2. The molecule has 0 amide bonds. The predicted octanol–water partition coefficient (Wildman–Crippen LogP) is 3.36. The van der Waals surface area contributed by atoms with Crippen LogP contribution < -0.4 is 14.2 Å². The number of aromatic amines is 1. The van der Waals surface area contributed by atoms with Crippen LogP contribution >= 0.6 is 0 Å². The Hall–Kier alpha value is -3.66. The number of phenolic OH excluding ortho intramolecular Hbond substituents is 1. The zero-order valence-corrected chi connectivity index (χ0v) is 14.5. The molecule has 7 heteroatoms. The van der Waals surface area contributed by atoms with Crippen LogP contribution in [0.25, 0.3) is 22.7 Å². The molecule has 0 aliphatic rings. The molecule has 0 saturated heterocycles. The number of rotatable bonds is 5. The van der Waals surface area contributed by atoms with E-state index in [4.69, 9.17) is 14.2 Å². The fraction of sp³-hybridized carbons (Fsp3) is 0.158. The van der Waals surface area contributed by atoms with Gasteiger partial charge in [0.2, 0.25) is 5.75 Å². The third-order valence-corrected chi connectivity index (χ3v) is 3.88. The van der Waals surface area contributed by atoms with Gasteiger partial charge in [-0.05, 0) is 35.9 Å². The molecule has 0 aliphatic carbocycles. The minimum absolute atomic E-state index is 0.0958. The fourth-order valence-electron chi connectivity index (χ4n) is 2.56. The summed E-state index contributed by atoms with van der Waals surface area (Å²) in [7, 11) is 4.48. The molecular weight excluding hydrogens is 334 g/mol. The first kappa shape index (κ1) is 17.2. The van der Waals surface area contributed by atoms with Gasteiger partial charge in [0.1, 0.15) is 17.6 Å². The lowest BCUT2D eigenvalue weighted by atomic mass is 10.1. The van der Waals surface area contributed by atoms with Crippen molar-refractivity contribution in [2.45, 2.75) is 0 Å². The Morgan fingerprint density at radius 3 is 2.38 bits per heavy atom. The molecule has 2 N–H and O–H groups in total. The first-order valence-corrected chi connectivity index (χ1v) is 7.70. The summed E-state index contributed by atoms with van der Waals surface area (Å²) in [6.45, 7) is 0. The van der Waals surface area contributed by atoms with Gasteiger partial charge in [0.25, 0.3) is 0 Å². The summed E-state index contributed by atoms with van der Waals surface area (Å²) in [5, 5.41) is 19.6. The number of aromatic nitrogens is 2. The summed E-state index contributed by atoms with van der Waals surface area (Å²) in [6.07, 6.45) is 1.64. The molecular formula is C19H17N3O4. The molecule has 7 nitrogen and oxygen atoms in total. The van der Waals surface area contributed by atoms with E-state index in [2.05, 4.69) is 16.0 Å². The number of hydrogen-bond acceptors (Lipinski definition) is 6. The van der Waals surface area contributed by atoms with Gasteiger partial charge in [-0.3, -0.25) is 0 Å². The van der Waals surface area contributed by atoms with Gasteiger partial charge >= 0.3 is 0 Å². The zero-order chi connectivity index (χ0) is 18.7. The average Bonchev–Trinajstić information content (AvgIpc) is 3.09. The number of methoxy groups -OCH3 is 3. The van der Waals surface area contributed by atoms with Crippen LogP contribution in [-0.2, 0) is 0 Å². The zero-order valence-electron chi connectivity index (χ0n) is 14.5. The highest BCUT2D eigenvalue weighted by atomic mass is 16.5. The highest BCUT2D eigenvalue weighted by molar-refractivity contribution is 5.91. The Morgan fingerprint density at radius 2 is 1.81 bits per heavy atom. The molecule has 1 heterocycles. The Morgan fingerprint density at radius 1 is 1.12 bits per heavy atom. The molecule has 3 rings (SSSR count). The van der Waals surface area contributed by atoms with Crippen LogP contribution in [0.3, 0.4) is 0 Å². The highest BCUT2D eigenvalue weighted by Gasteiger charge is 2.13. The van der Waals surface area contributed by atoms with Gasteiger partial charge in [0.05, 0.1) is 37.9 Å². The van der Waals surface area contributed by atoms with E-state index in [1.54, 1.807) is 31.4 Å². The normalized spacial score (nSPS) is 11.2. The molecule has 26 heavy (non-hydrogen) atoms. The van der Waals surface area contributed by atoms with Crippen LogP contribution in [0.4, 0.5) is 0 Å². The molecule has 0 unspecified atom stereocenters. The Kier molecular flexibility index (Phi) is 4.67. The largest absolute Gasteiger partial charge is 0.502 e. The van der Waals surface area contributed by atoms with Crippen molar-refractivity contribution < 1.29 is 19.3 Å². The van der Waals surface area contributed by atoms with Crippen LogP contribution in [0.1, 0.15) is 11.4 Å². The topological polar surface area (TPSA) is 100 Å². The van der Waals surface area contributed by atoms with Gasteiger partial charge in [-0.1, -0.05) is 0 Å². The summed E-state index contributed by atoms with van der Waals surface area (Å²) in [4.78, 5) is 7.56. The molecule has 0 radical (unpaired) electrons. The second-order valence-corrected chi connectivity index (χ2v) is 5.41. The Bertz CT molecular complexity index is 1010. The summed E-state index contributed by atoms with van der Waals surface area (Å²) >= 11 is 0. The van der Waals surface area contributed by atoms with E-state index >= 15 is 0 Å². The number of aromatic hydroxyl groups is 1. The number of hydrogen-bond donors (Lipinski definition) is 2. The monoisotopic (exact) mass is 351 g/mol. The van der Waals surface area contributed by atoms with Crippen LogP contribution in [-0.4, -0.2) is 36.4 Å². The minimum atomic E-state index is -0.0958. The van der Waals surface area contributed by atoms with Crippen LogP contribution in [0.15, 0.2) is 30.3 Å². The van der Waals surface area contributed by atoms with Crippen molar-refractivity contribution in [3.05, 3.63) is 41.7 Å². The SMILES string of the molecule is COc1ccc2nc(/C(C#N)=C\c3cc(OC)c(O)c(OC)c3)[nH]c2c1. The van der Waals surface area contributed by atoms with Crippen molar-refractivity contribution in [1.29, 1.82) is 5.26 Å². The minimum Gasteiger partial charge on any atom is -0.502 e. The number of phenols is 1. The second kappa shape index (κ2) is 7.07. The number of fused-ring (bicyclic) bond motifs is 1. The number of imidazole rings is 1. The highest BCUT2D eigenvalue weighted by Crippen LogP contribution is 2.38. The first-order chi connectivity index (χ1) is 12.6. The lowest BCUT2D eigenvalue weighted by molar-refractivity contribution is 0.340. The molecule has 0 aliphatic heterocycles. The van der Waals surface area contributed by atoms with Gasteiger partial charge < -0.3 is 24.3 Å². The predicted molar refractivity (Wildman–Crippen MR) is 97.3 cm³/mol. The number of nitriles is 1. The lowest BCUT2D eigenvalue weighted by Crippen LogP contribution is -1.91. The molecule has 2 aromatic carbocycles. The molecule has 0 saturated carbocycles. The summed E-state index contributed by atoms with van der Waals surface area (Å²) < 4.78 is 15.5. The van der Waals surface area contributed by atoms with Crippen molar-refractivity contribution in [2.75, 3.05) is 21.3 Å². The van der Waals surface area contributed by atoms with Crippen LogP contribution in [0.2, 0.25) is 0 Å². The maximum absolute atomic E-state index is 10.0. The quantitative estimate of drug-likeness (QED) is 0.684. The number of allylic oxidation sites excluding steroid dienone is 1. The van der Waals surface area contributed by atoms with Crippen molar-refractivity contribution >= 4 is 22.7 Å². The van der Waals surface area contributed by atoms with Gasteiger partial charge in [-0.2, -0.15) is 5.26 Å². The van der Waals surface area contributed by atoms with Gasteiger partial charge in [0.15, 0.2) is 11.5 Å². The summed E-state index contributed by atoms with van der Waals surface area (Å²) in [5.74, 6) is 1.54. The maximum Gasteiger partial charge on any atom is 0.200 e. The molecule has 0 atom stereocenters. The van der Waals surface area contributed by atoms with Gasteiger partial charge in [-0.25, -0.2) is 4.98 Å². The van der Waals surface area contributed by atoms with E-state index in [9.17, 15) is 10.4 Å². The lowest BCUT2D eigenvalue weighted by Gasteiger charge is -2.09.